The average molecular weight is 372 g/mol. The predicted molar refractivity (Wildman–Crippen MR) is 105 cm³/mol. The summed E-state index contributed by atoms with van der Waals surface area (Å²) in [4.78, 5) is 14.0. The van der Waals surface area contributed by atoms with Crippen LogP contribution in [-0.4, -0.2) is 36.8 Å². The van der Waals surface area contributed by atoms with E-state index in [-0.39, 0.29) is 11.8 Å². The Morgan fingerprint density at radius 3 is 2.59 bits per heavy atom. The van der Waals surface area contributed by atoms with Gasteiger partial charge >= 0.3 is 6.03 Å². The number of phenols is 1. The van der Waals surface area contributed by atoms with E-state index < -0.39 is 0 Å². The number of carbonyl (C=O) groups excluding carboxylic acids is 1. The highest BCUT2D eigenvalue weighted by molar-refractivity contribution is 5.73. The second-order valence-corrected chi connectivity index (χ2v) is 6.34. The van der Waals surface area contributed by atoms with Crippen LogP contribution in [0.5, 0.6) is 11.5 Å². The van der Waals surface area contributed by atoms with Crippen LogP contribution < -0.4 is 10.1 Å². The molecule has 146 valence electrons. The van der Waals surface area contributed by atoms with Crippen molar-refractivity contribution in [3.8, 4) is 11.5 Å². The summed E-state index contributed by atoms with van der Waals surface area (Å²) in [6.45, 7) is 4.15. The summed E-state index contributed by atoms with van der Waals surface area (Å²) in [7, 11) is 3.21. The highest BCUT2D eigenvalue weighted by Gasteiger charge is 2.11. The van der Waals surface area contributed by atoms with Gasteiger partial charge < -0.3 is 24.8 Å². The number of aromatic hydroxyl groups is 1. The number of hydrogen-bond donors (Lipinski definition) is 2. The summed E-state index contributed by atoms with van der Waals surface area (Å²) in [5, 5.41) is 12.8. The van der Waals surface area contributed by atoms with Crippen molar-refractivity contribution >= 4 is 6.03 Å². The molecule has 0 atom stereocenters. The van der Waals surface area contributed by atoms with Crippen molar-refractivity contribution in [3.63, 3.8) is 0 Å². The molecule has 0 aromatic heterocycles. The smallest absolute Gasteiger partial charge is 0.317 e. The monoisotopic (exact) mass is 372 g/mol. The lowest BCUT2D eigenvalue weighted by Gasteiger charge is -2.19. The quantitative estimate of drug-likeness (QED) is 0.659. The van der Waals surface area contributed by atoms with Gasteiger partial charge in [0.05, 0.1) is 13.7 Å². The summed E-state index contributed by atoms with van der Waals surface area (Å²) in [5.41, 5.74) is 2.94. The van der Waals surface area contributed by atoms with Crippen LogP contribution in [0.25, 0.3) is 0 Å². The van der Waals surface area contributed by atoms with Crippen molar-refractivity contribution in [1.82, 2.24) is 10.2 Å². The fraction of sp³-hybridized carbons (Fsp3) is 0.381. The summed E-state index contributed by atoms with van der Waals surface area (Å²) in [6.07, 6.45) is 0.977. The predicted octanol–water partition coefficient (Wildman–Crippen LogP) is 3.67. The normalized spacial score (nSPS) is 10.5. The largest absolute Gasteiger partial charge is 0.504 e. The number of carbonyl (C=O) groups is 1. The van der Waals surface area contributed by atoms with Crippen LogP contribution in [0.1, 0.15) is 30.0 Å². The van der Waals surface area contributed by atoms with Gasteiger partial charge in [-0.3, -0.25) is 0 Å². The maximum absolute atomic E-state index is 12.4. The Hall–Kier alpha value is -2.73. The fourth-order valence-corrected chi connectivity index (χ4v) is 2.68. The summed E-state index contributed by atoms with van der Waals surface area (Å²) < 4.78 is 10.6. The molecule has 0 radical (unpaired) electrons. The van der Waals surface area contributed by atoms with E-state index in [4.69, 9.17) is 9.47 Å². The topological polar surface area (TPSA) is 71.0 Å². The van der Waals surface area contributed by atoms with Gasteiger partial charge in [-0.1, -0.05) is 37.3 Å². The third-order valence-corrected chi connectivity index (χ3v) is 4.16. The first kappa shape index (κ1) is 20.6. The lowest BCUT2D eigenvalue weighted by molar-refractivity contribution is 0.121. The molecule has 0 saturated carbocycles. The minimum absolute atomic E-state index is 0.0600. The number of amides is 2. The zero-order chi connectivity index (χ0) is 19.6. The van der Waals surface area contributed by atoms with Gasteiger partial charge in [-0.2, -0.15) is 0 Å². The SMILES string of the molecule is CCCOCc1ccccc1CNC(=O)N(C)Cc1ccc(OC)c(O)c1. The van der Waals surface area contributed by atoms with Gasteiger partial charge in [0, 0.05) is 26.7 Å². The van der Waals surface area contributed by atoms with E-state index in [1.807, 2.05) is 30.3 Å². The van der Waals surface area contributed by atoms with Crippen molar-refractivity contribution in [3.05, 3.63) is 59.2 Å². The molecule has 0 bridgehead atoms. The molecule has 27 heavy (non-hydrogen) atoms. The molecule has 2 amide bonds. The molecule has 0 unspecified atom stereocenters. The van der Waals surface area contributed by atoms with Crippen LogP contribution in [0.15, 0.2) is 42.5 Å². The Morgan fingerprint density at radius 1 is 1.19 bits per heavy atom. The number of benzene rings is 2. The molecule has 6 heteroatoms. The lowest BCUT2D eigenvalue weighted by atomic mass is 10.1. The third kappa shape index (κ3) is 6.18. The van der Waals surface area contributed by atoms with E-state index in [1.165, 1.54) is 7.11 Å². The average Bonchev–Trinajstić information content (AvgIpc) is 2.67. The van der Waals surface area contributed by atoms with Crippen molar-refractivity contribution in [2.75, 3.05) is 20.8 Å². The maximum atomic E-state index is 12.4. The number of rotatable bonds is 9. The molecule has 2 aromatic carbocycles. The third-order valence-electron chi connectivity index (χ3n) is 4.16. The van der Waals surface area contributed by atoms with E-state index in [0.29, 0.717) is 25.4 Å². The first-order valence-electron chi connectivity index (χ1n) is 9.04. The molecular formula is C21H28N2O4. The molecule has 0 aliphatic heterocycles. The Bertz CT molecular complexity index is 749. The molecule has 0 fully saturated rings. The van der Waals surface area contributed by atoms with E-state index in [0.717, 1.165) is 29.7 Å². The van der Waals surface area contributed by atoms with Gasteiger partial charge in [0.1, 0.15) is 0 Å². The molecule has 0 aliphatic rings. The van der Waals surface area contributed by atoms with Crippen molar-refractivity contribution in [2.45, 2.75) is 33.0 Å². The number of nitrogens with zero attached hydrogens (tertiary/aromatic N) is 1. The zero-order valence-electron chi connectivity index (χ0n) is 16.2. The molecule has 0 heterocycles. The summed E-state index contributed by atoms with van der Waals surface area (Å²) in [5.74, 6) is 0.470. The second kappa shape index (κ2) is 10.4. The number of urea groups is 1. The second-order valence-electron chi connectivity index (χ2n) is 6.34. The van der Waals surface area contributed by atoms with Crippen LogP contribution in [-0.2, 0) is 24.4 Å². The molecule has 6 nitrogen and oxygen atoms in total. The number of nitrogens with one attached hydrogen (secondary N) is 1. The maximum Gasteiger partial charge on any atom is 0.317 e. The van der Waals surface area contributed by atoms with Gasteiger partial charge in [-0.05, 0) is 35.2 Å². The summed E-state index contributed by atoms with van der Waals surface area (Å²) in [6, 6.07) is 12.9. The molecule has 0 aliphatic carbocycles. The zero-order valence-corrected chi connectivity index (χ0v) is 16.2. The lowest BCUT2D eigenvalue weighted by Crippen LogP contribution is -2.36. The number of phenolic OH excluding ortho intramolecular Hbond substituents is 1. The van der Waals surface area contributed by atoms with Gasteiger partial charge in [0.2, 0.25) is 0 Å². The van der Waals surface area contributed by atoms with Gasteiger partial charge in [-0.25, -0.2) is 4.79 Å². The Morgan fingerprint density at radius 2 is 1.93 bits per heavy atom. The highest BCUT2D eigenvalue weighted by Crippen LogP contribution is 2.26. The number of hydrogen-bond acceptors (Lipinski definition) is 4. The van der Waals surface area contributed by atoms with Crippen LogP contribution in [0.4, 0.5) is 4.79 Å². The molecule has 0 spiro atoms. The molecule has 2 N–H and O–H groups in total. The van der Waals surface area contributed by atoms with E-state index in [2.05, 4.69) is 12.2 Å². The van der Waals surface area contributed by atoms with Crippen molar-refractivity contribution in [1.29, 1.82) is 0 Å². The molecule has 2 rings (SSSR count). The van der Waals surface area contributed by atoms with E-state index >= 15 is 0 Å². The van der Waals surface area contributed by atoms with Crippen LogP contribution >= 0.6 is 0 Å². The van der Waals surface area contributed by atoms with Gasteiger partial charge in [0.15, 0.2) is 11.5 Å². The first-order valence-corrected chi connectivity index (χ1v) is 9.04. The van der Waals surface area contributed by atoms with Crippen LogP contribution in [0, 0.1) is 0 Å². The minimum Gasteiger partial charge on any atom is -0.504 e. The number of methoxy groups -OCH3 is 1. The molecular weight excluding hydrogens is 344 g/mol. The first-order chi connectivity index (χ1) is 13.0. The molecule has 0 saturated heterocycles. The van der Waals surface area contributed by atoms with E-state index in [1.54, 1.807) is 24.1 Å². The van der Waals surface area contributed by atoms with Gasteiger partial charge in [0.25, 0.3) is 0 Å². The molecule has 2 aromatic rings. The van der Waals surface area contributed by atoms with Gasteiger partial charge in [-0.15, -0.1) is 0 Å². The van der Waals surface area contributed by atoms with Crippen LogP contribution in [0.3, 0.4) is 0 Å². The standard InChI is InChI=1S/C21H28N2O4/c1-4-11-27-15-18-8-6-5-7-17(18)13-22-21(25)23(2)14-16-9-10-20(26-3)19(24)12-16/h5-10,12,24H,4,11,13-15H2,1-3H3,(H,22,25). The number of ether oxygens (including phenoxy) is 2. The fourth-order valence-electron chi connectivity index (χ4n) is 2.68. The Labute approximate surface area is 160 Å². The minimum atomic E-state index is -0.186. The Balaban J connectivity index is 1.90. The Kier molecular flexibility index (Phi) is 7.95. The van der Waals surface area contributed by atoms with Crippen molar-refractivity contribution < 1.29 is 19.4 Å². The van der Waals surface area contributed by atoms with E-state index in [9.17, 15) is 9.90 Å². The highest BCUT2D eigenvalue weighted by atomic mass is 16.5. The van der Waals surface area contributed by atoms with Crippen LogP contribution in [0.2, 0.25) is 0 Å². The summed E-state index contributed by atoms with van der Waals surface area (Å²) >= 11 is 0. The van der Waals surface area contributed by atoms with Crippen molar-refractivity contribution in [2.24, 2.45) is 0 Å².